The zero-order valence-corrected chi connectivity index (χ0v) is 22.5. The number of hydrazine groups is 1. The van der Waals surface area contributed by atoms with Gasteiger partial charge in [-0.2, -0.15) is 0 Å². The van der Waals surface area contributed by atoms with Gasteiger partial charge in [-0.05, 0) is 65.2 Å². The summed E-state index contributed by atoms with van der Waals surface area (Å²) in [4.78, 5) is 71.3. The van der Waals surface area contributed by atoms with Crippen LogP contribution in [0.2, 0.25) is 0 Å². The van der Waals surface area contributed by atoms with Crippen LogP contribution in [-0.4, -0.2) is 41.0 Å². The summed E-state index contributed by atoms with van der Waals surface area (Å²) in [5.74, 6) is 7.12. The highest BCUT2D eigenvalue weighted by Crippen LogP contribution is 2.22. The van der Waals surface area contributed by atoms with E-state index in [4.69, 9.17) is 0 Å². The van der Waals surface area contributed by atoms with Crippen molar-refractivity contribution >= 4 is 40.6 Å². The molecule has 10 nitrogen and oxygen atoms in total. The van der Waals surface area contributed by atoms with E-state index < -0.39 is 0 Å². The third-order valence-corrected chi connectivity index (χ3v) is 5.79. The number of carbonyl (C=O) groups is 6. The van der Waals surface area contributed by atoms with Crippen molar-refractivity contribution in [3.63, 3.8) is 0 Å². The van der Waals surface area contributed by atoms with Crippen LogP contribution in [0.3, 0.4) is 0 Å². The van der Waals surface area contributed by atoms with E-state index in [2.05, 4.69) is 22.3 Å². The first-order chi connectivity index (χ1) is 17.9. The molecule has 1 aliphatic rings. The molecule has 1 aromatic carbocycles. The predicted molar refractivity (Wildman–Crippen MR) is 145 cm³/mol. The average Bonchev–Trinajstić information content (AvgIpc) is 2.84. The minimum Gasteiger partial charge on any atom is -0.350 e. The fourth-order valence-electron chi connectivity index (χ4n) is 4.00. The van der Waals surface area contributed by atoms with Gasteiger partial charge in [0.2, 0.25) is 11.8 Å². The Morgan fingerprint density at radius 1 is 0.789 bits per heavy atom. The van der Waals surface area contributed by atoms with Crippen molar-refractivity contribution < 1.29 is 28.8 Å². The Morgan fingerprint density at radius 3 is 1.84 bits per heavy atom. The summed E-state index contributed by atoms with van der Waals surface area (Å²) < 4.78 is 0. The van der Waals surface area contributed by atoms with Crippen molar-refractivity contribution in [3.8, 4) is 0 Å². The lowest BCUT2D eigenvalue weighted by Gasteiger charge is -2.22. The van der Waals surface area contributed by atoms with Gasteiger partial charge in [-0.25, -0.2) is 0 Å². The maximum absolute atomic E-state index is 12.4. The number of Topliss-reactive ketones (excluding diaryl/α,β-unsaturated/α-hetero) is 4. The van der Waals surface area contributed by atoms with Crippen LogP contribution in [0.15, 0.2) is 41.5 Å². The van der Waals surface area contributed by atoms with Crippen molar-refractivity contribution in [1.29, 1.82) is 0 Å². The van der Waals surface area contributed by atoms with E-state index in [-0.39, 0.29) is 60.3 Å². The first kappa shape index (κ1) is 32.3. The molecule has 0 saturated carbocycles. The number of hydrogen-bond acceptors (Lipinski definition) is 8. The topological polar surface area (TPSA) is 179 Å². The molecule has 1 atom stereocenters. The van der Waals surface area contributed by atoms with E-state index in [1.807, 2.05) is 0 Å². The van der Waals surface area contributed by atoms with Gasteiger partial charge in [0.05, 0.1) is 6.04 Å². The first-order valence-electron chi connectivity index (χ1n) is 12.5. The van der Waals surface area contributed by atoms with Crippen molar-refractivity contribution in [2.24, 2.45) is 11.7 Å². The Kier molecular flexibility index (Phi) is 13.7. The molecule has 0 aliphatic heterocycles. The smallest absolute Gasteiger partial charge is 0.224 e. The number of anilines is 1. The second kappa shape index (κ2) is 16.2. The predicted octanol–water partition coefficient (Wildman–Crippen LogP) is 3.11. The van der Waals surface area contributed by atoms with E-state index in [9.17, 15) is 28.8 Å². The van der Waals surface area contributed by atoms with E-state index in [0.717, 1.165) is 5.57 Å². The molecule has 2 rings (SSSR count). The molecule has 6 N–H and O–H groups in total. The summed E-state index contributed by atoms with van der Waals surface area (Å²) >= 11 is 0. The Bertz CT molecular complexity index is 1100. The highest BCUT2D eigenvalue weighted by molar-refractivity contribution is 6.02. The van der Waals surface area contributed by atoms with Crippen LogP contribution >= 0.6 is 0 Å². The number of benzene rings is 1. The second-order valence-corrected chi connectivity index (χ2v) is 9.26. The van der Waals surface area contributed by atoms with Crippen LogP contribution in [-0.2, 0) is 19.2 Å². The van der Waals surface area contributed by atoms with Crippen LogP contribution in [0.4, 0.5) is 5.69 Å². The molecule has 0 fully saturated rings. The van der Waals surface area contributed by atoms with Crippen molar-refractivity contribution in [1.82, 2.24) is 5.32 Å². The molecule has 206 valence electrons. The van der Waals surface area contributed by atoms with Gasteiger partial charge in [0.15, 0.2) is 17.3 Å². The highest BCUT2D eigenvalue weighted by atomic mass is 16.2. The lowest BCUT2D eigenvalue weighted by molar-refractivity contribution is -0.121. The zero-order valence-electron chi connectivity index (χ0n) is 22.5. The van der Waals surface area contributed by atoms with Crippen LogP contribution in [0.5, 0.6) is 0 Å². The Balaban J connectivity index is 0.00000352. The molecule has 1 aliphatic carbocycles. The van der Waals surface area contributed by atoms with Gasteiger partial charge in [-0.1, -0.05) is 24.1 Å². The highest BCUT2D eigenvalue weighted by Gasteiger charge is 2.20. The van der Waals surface area contributed by atoms with E-state index in [0.29, 0.717) is 48.1 Å². The van der Waals surface area contributed by atoms with Gasteiger partial charge in [0.25, 0.3) is 0 Å². The summed E-state index contributed by atoms with van der Waals surface area (Å²) in [6, 6.07) is 4.28. The second-order valence-electron chi connectivity index (χ2n) is 9.26. The van der Waals surface area contributed by atoms with Gasteiger partial charge >= 0.3 is 0 Å². The molecule has 0 bridgehead atoms. The molecule has 38 heavy (non-hydrogen) atoms. The third kappa shape index (κ3) is 11.5. The number of unbranched alkanes of at least 4 members (excludes halogenated alkanes) is 2. The molecular formula is C28H38N4O6. The minimum absolute atomic E-state index is 0.00557. The van der Waals surface area contributed by atoms with Gasteiger partial charge < -0.3 is 10.6 Å². The van der Waals surface area contributed by atoms with Crippen molar-refractivity contribution in [2.75, 3.05) is 5.32 Å². The lowest BCUT2D eigenvalue weighted by atomic mass is 9.91. The van der Waals surface area contributed by atoms with Crippen LogP contribution < -0.4 is 22.3 Å². The molecule has 0 radical (unpaired) electrons. The van der Waals surface area contributed by atoms with E-state index in [1.165, 1.54) is 33.8 Å². The number of ketones is 4. The monoisotopic (exact) mass is 526 g/mol. The minimum atomic E-state index is -0.327. The summed E-state index contributed by atoms with van der Waals surface area (Å²) in [5.41, 5.74) is 2.45. The molecule has 0 aromatic heterocycles. The molecular weight excluding hydrogens is 488 g/mol. The Labute approximate surface area is 223 Å². The number of rotatable bonds is 13. The first-order valence-corrected chi connectivity index (χ1v) is 12.5. The van der Waals surface area contributed by atoms with Gasteiger partial charge in [0.1, 0.15) is 5.78 Å². The van der Waals surface area contributed by atoms with Gasteiger partial charge in [-0.15, -0.1) is 0 Å². The number of carbonyl (C=O) groups excluding carboxylic acids is 6. The molecule has 0 saturated heterocycles. The molecule has 0 spiro atoms. The fourth-order valence-corrected chi connectivity index (χ4v) is 4.00. The number of nitrogens with one attached hydrogen (secondary N) is 2. The Morgan fingerprint density at radius 2 is 1.34 bits per heavy atom. The summed E-state index contributed by atoms with van der Waals surface area (Å²) in [6.07, 6.45) is 6.59. The van der Waals surface area contributed by atoms with Crippen LogP contribution in [0, 0.1) is 0 Å². The van der Waals surface area contributed by atoms with Crippen LogP contribution in [0.25, 0.3) is 0 Å². The largest absolute Gasteiger partial charge is 0.350 e. The number of hydrogen-bond donors (Lipinski definition) is 4. The number of allylic oxidation sites excluding steroid dienone is 2. The number of amides is 2. The molecule has 1 unspecified atom stereocenters. The number of nitrogens with two attached hydrogens (primary N) is 2. The third-order valence-electron chi connectivity index (χ3n) is 5.79. The fraction of sp³-hybridized carbons (Fsp3) is 0.429. The zero-order chi connectivity index (χ0) is 28.8. The average molecular weight is 527 g/mol. The summed E-state index contributed by atoms with van der Waals surface area (Å²) in [7, 11) is 0. The molecule has 2 amide bonds. The van der Waals surface area contributed by atoms with E-state index >= 15 is 0 Å². The van der Waals surface area contributed by atoms with Gasteiger partial charge in [-0.3, -0.25) is 40.5 Å². The maximum Gasteiger partial charge on any atom is 0.224 e. The Hall–Kier alpha value is -3.76. The summed E-state index contributed by atoms with van der Waals surface area (Å²) in [5, 5.41) is 5.65. The van der Waals surface area contributed by atoms with Crippen LogP contribution in [0.1, 0.15) is 93.4 Å². The van der Waals surface area contributed by atoms with E-state index in [1.54, 1.807) is 24.3 Å². The normalized spacial score (nSPS) is 14.2. The quantitative estimate of drug-likeness (QED) is 0.131. The standard InChI is InChI=1S/C28H34N2O6.H4N2/c1-17(31)10-21-11-22(18(2)32)14-25(12-21)29-27(35)8-6-5-7-9-28(36)30-26-15-23(19(3)33)13-24(16-26)20(4)34;1-2/h11,13-16,25H,5-10,12H2,1-4H3,(H,29,35)(H,30,36);1-2H2. The SMILES string of the molecule is CC(=O)CC1=CC(C(C)=O)=CC(NC(=O)CCCCCC(=O)Nc2cc(C(C)=O)cc(C(C)=O)c2)C1.NN. The van der Waals surface area contributed by atoms with Gasteiger partial charge in [0, 0.05) is 41.6 Å². The van der Waals surface area contributed by atoms with Crippen molar-refractivity contribution in [3.05, 3.63) is 52.6 Å². The maximum atomic E-state index is 12.4. The molecule has 1 aromatic rings. The molecule has 0 heterocycles. The summed E-state index contributed by atoms with van der Waals surface area (Å²) in [6.45, 7) is 5.74. The lowest BCUT2D eigenvalue weighted by Crippen LogP contribution is -2.35. The molecule has 10 heteroatoms. The van der Waals surface area contributed by atoms with Crippen molar-refractivity contribution in [2.45, 2.75) is 78.7 Å².